The highest BCUT2D eigenvalue weighted by molar-refractivity contribution is 5.70. The molecule has 0 bridgehead atoms. The Labute approximate surface area is 163 Å². The van der Waals surface area contributed by atoms with Gasteiger partial charge in [-0.3, -0.25) is 0 Å². The zero-order valence-corrected chi connectivity index (χ0v) is 15.5. The lowest BCUT2D eigenvalue weighted by atomic mass is 9.95. The van der Waals surface area contributed by atoms with Crippen LogP contribution < -0.4 is 11.1 Å². The molecular formula is C23H21F2N3. The van der Waals surface area contributed by atoms with E-state index in [0.29, 0.717) is 17.1 Å². The minimum atomic E-state index is -0.632. The number of nitrogens with zero attached hydrogens (tertiary/aromatic N) is 1. The van der Waals surface area contributed by atoms with Gasteiger partial charge in [0.2, 0.25) is 0 Å². The van der Waals surface area contributed by atoms with Crippen molar-refractivity contribution in [2.45, 2.75) is 12.8 Å². The summed E-state index contributed by atoms with van der Waals surface area (Å²) >= 11 is 0. The van der Waals surface area contributed by atoms with Gasteiger partial charge in [-0.25, -0.2) is 13.8 Å². The average Bonchev–Trinajstić information content (AvgIpc) is 2.63. The Bertz CT molecular complexity index is 1010. The molecule has 2 aromatic carbocycles. The standard InChI is InChI=1S/C23H21F2N3/c1-4-21(17-10-18(24)12-19(25)11-17)15(3)28-20-6-7-22(14(2)9-20)16-5-8-23(26)27-13-16/h4-13,21,28H,1,3H2,2H3,(H2,26,27). The van der Waals surface area contributed by atoms with Gasteiger partial charge in [-0.05, 0) is 60.0 Å². The van der Waals surface area contributed by atoms with E-state index in [2.05, 4.69) is 23.5 Å². The van der Waals surface area contributed by atoms with Crippen LogP contribution in [0.15, 0.2) is 79.7 Å². The number of hydrogen-bond acceptors (Lipinski definition) is 3. The molecule has 0 aliphatic heterocycles. The Hall–Kier alpha value is -3.47. The molecule has 28 heavy (non-hydrogen) atoms. The molecule has 0 amide bonds. The van der Waals surface area contributed by atoms with Crippen molar-refractivity contribution in [2.24, 2.45) is 0 Å². The highest BCUT2D eigenvalue weighted by Gasteiger charge is 2.15. The topological polar surface area (TPSA) is 50.9 Å². The van der Waals surface area contributed by atoms with Crippen molar-refractivity contribution >= 4 is 11.5 Å². The van der Waals surface area contributed by atoms with Gasteiger partial charge in [0.15, 0.2) is 0 Å². The highest BCUT2D eigenvalue weighted by atomic mass is 19.1. The molecule has 3 aromatic rings. The van der Waals surface area contributed by atoms with Crippen LogP contribution in [-0.4, -0.2) is 4.98 Å². The Morgan fingerprint density at radius 3 is 2.39 bits per heavy atom. The SMILES string of the molecule is C=CC(C(=C)Nc1ccc(-c2ccc(N)nc2)c(C)c1)c1cc(F)cc(F)c1. The monoisotopic (exact) mass is 377 g/mol. The molecular weight excluding hydrogens is 356 g/mol. The van der Waals surface area contributed by atoms with E-state index in [1.54, 1.807) is 18.3 Å². The van der Waals surface area contributed by atoms with Crippen LogP contribution in [0.25, 0.3) is 11.1 Å². The molecule has 0 aliphatic rings. The Morgan fingerprint density at radius 2 is 1.82 bits per heavy atom. The van der Waals surface area contributed by atoms with Crippen LogP contribution in [0, 0.1) is 18.6 Å². The number of rotatable bonds is 6. The van der Waals surface area contributed by atoms with E-state index in [-0.39, 0.29) is 0 Å². The number of anilines is 2. The van der Waals surface area contributed by atoms with Gasteiger partial charge in [0, 0.05) is 35.1 Å². The molecule has 1 atom stereocenters. The number of aryl methyl sites for hydroxylation is 1. The zero-order valence-electron chi connectivity index (χ0n) is 15.5. The lowest BCUT2D eigenvalue weighted by Crippen LogP contribution is -2.08. The molecule has 0 saturated carbocycles. The van der Waals surface area contributed by atoms with Crippen molar-refractivity contribution in [3.05, 3.63) is 102 Å². The zero-order chi connectivity index (χ0) is 20.3. The van der Waals surface area contributed by atoms with Crippen molar-refractivity contribution in [2.75, 3.05) is 11.1 Å². The smallest absolute Gasteiger partial charge is 0.126 e. The second-order valence-corrected chi connectivity index (χ2v) is 6.57. The number of nitrogens with one attached hydrogen (secondary N) is 1. The summed E-state index contributed by atoms with van der Waals surface area (Å²) in [6.07, 6.45) is 3.33. The molecule has 3 nitrogen and oxygen atoms in total. The van der Waals surface area contributed by atoms with Gasteiger partial charge in [-0.1, -0.05) is 18.7 Å². The summed E-state index contributed by atoms with van der Waals surface area (Å²) in [7, 11) is 0. The predicted octanol–water partition coefficient (Wildman–Crippen LogP) is 5.81. The predicted molar refractivity (Wildman–Crippen MR) is 111 cm³/mol. The molecule has 0 spiro atoms. The number of halogens is 2. The second-order valence-electron chi connectivity index (χ2n) is 6.57. The first-order valence-electron chi connectivity index (χ1n) is 8.74. The van der Waals surface area contributed by atoms with Gasteiger partial charge in [0.1, 0.15) is 17.5 Å². The van der Waals surface area contributed by atoms with Crippen LogP contribution >= 0.6 is 0 Å². The van der Waals surface area contributed by atoms with Crippen LogP contribution in [0.4, 0.5) is 20.3 Å². The van der Waals surface area contributed by atoms with Crippen molar-refractivity contribution in [3.8, 4) is 11.1 Å². The molecule has 0 fully saturated rings. The number of benzene rings is 2. The molecule has 142 valence electrons. The van der Waals surface area contributed by atoms with Crippen LogP contribution in [0.3, 0.4) is 0 Å². The summed E-state index contributed by atoms with van der Waals surface area (Å²) in [6, 6.07) is 12.9. The summed E-state index contributed by atoms with van der Waals surface area (Å²) in [4.78, 5) is 4.13. The molecule has 0 radical (unpaired) electrons. The fourth-order valence-corrected chi connectivity index (χ4v) is 3.13. The highest BCUT2D eigenvalue weighted by Crippen LogP contribution is 2.30. The van der Waals surface area contributed by atoms with E-state index in [4.69, 9.17) is 5.73 Å². The lowest BCUT2D eigenvalue weighted by Gasteiger charge is -2.19. The van der Waals surface area contributed by atoms with E-state index >= 15 is 0 Å². The third-order valence-electron chi connectivity index (χ3n) is 4.48. The first-order valence-corrected chi connectivity index (χ1v) is 8.74. The summed E-state index contributed by atoms with van der Waals surface area (Å²) in [6.45, 7) is 9.79. The number of pyridine rings is 1. The maximum atomic E-state index is 13.6. The van der Waals surface area contributed by atoms with Crippen molar-refractivity contribution in [1.82, 2.24) is 4.98 Å². The molecule has 0 aliphatic carbocycles. The van der Waals surface area contributed by atoms with Crippen LogP contribution in [0.5, 0.6) is 0 Å². The first-order chi connectivity index (χ1) is 13.4. The summed E-state index contributed by atoms with van der Waals surface area (Å²) in [5.41, 5.74) is 10.5. The molecule has 1 unspecified atom stereocenters. The Balaban J connectivity index is 1.82. The van der Waals surface area contributed by atoms with Crippen molar-refractivity contribution < 1.29 is 8.78 Å². The fraction of sp³-hybridized carbons (Fsp3) is 0.0870. The molecule has 1 aromatic heterocycles. The van der Waals surface area contributed by atoms with Gasteiger partial charge in [0.05, 0.1) is 0 Å². The summed E-state index contributed by atoms with van der Waals surface area (Å²) < 4.78 is 27.1. The number of nitrogens with two attached hydrogens (primary N) is 1. The van der Waals surface area contributed by atoms with Crippen molar-refractivity contribution in [1.29, 1.82) is 0 Å². The summed E-state index contributed by atoms with van der Waals surface area (Å²) in [5.74, 6) is -1.23. The van der Waals surface area contributed by atoms with E-state index < -0.39 is 17.6 Å². The van der Waals surface area contributed by atoms with E-state index in [0.717, 1.165) is 28.4 Å². The molecule has 3 rings (SSSR count). The third-order valence-corrected chi connectivity index (χ3v) is 4.48. The minimum Gasteiger partial charge on any atom is -0.384 e. The third kappa shape index (κ3) is 4.26. The normalized spacial score (nSPS) is 11.7. The number of aromatic nitrogens is 1. The number of hydrogen-bond donors (Lipinski definition) is 2. The van der Waals surface area contributed by atoms with Gasteiger partial charge < -0.3 is 11.1 Å². The summed E-state index contributed by atoms with van der Waals surface area (Å²) in [5, 5.41) is 3.21. The van der Waals surface area contributed by atoms with E-state index in [1.807, 2.05) is 31.2 Å². The van der Waals surface area contributed by atoms with Crippen LogP contribution in [-0.2, 0) is 0 Å². The van der Waals surface area contributed by atoms with E-state index in [1.165, 1.54) is 12.1 Å². The molecule has 1 heterocycles. The number of nitrogen functional groups attached to an aromatic ring is 1. The quantitative estimate of drug-likeness (QED) is 0.533. The van der Waals surface area contributed by atoms with Gasteiger partial charge >= 0.3 is 0 Å². The van der Waals surface area contributed by atoms with E-state index in [9.17, 15) is 8.78 Å². The minimum absolute atomic E-state index is 0.438. The first kappa shape index (κ1) is 19.3. The fourth-order valence-electron chi connectivity index (χ4n) is 3.13. The van der Waals surface area contributed by atoms with Gasteiger partial charge in [-0.15, -0.1) is 6.58 Å². The Morgan fingerprint density at radius 1 is 1.11 bits per heavy atom. The maximum Gasteiger partial charge on any atom is 0.126 e. The molecule has 0 saturated heterocycles. The average molecular weight is 377 g/mol. The Kier molecular flexibility index (Phi) is 5.54. The van der Waals surface area contributed by atoms with Gasteiger partial charge in [0.25, 0.3) is 0 Å². The van der Waals surface area contributed by atoms with Gasteiger partial charge in [-0.2, -0.15) is 0 Å². The van der Waals surface area contributed by atoms with Crippen molar-refractivity contribution in [3.63, 3.8) is 0 Å². The second kappa shape index (κ2) is 8.05. The molecule has 5 heteroatoms. The lowest BCUT2D eigenvalue weighted by molar-refractivity contribution is 0.579. The number of allylic oxidation sites excluding steroid dienone is 1. The largest absolute Gasteiger partial charge is 0.384 e. The van der Waals surface area contributed by atoms with Crippen LogP contribution in [0.2, 0.25) is 0 Å². The van der Waals surface area contributed by atoms with Crippen LogP contribution in [0.1, 0.15) is 17.0 Å². The molecule has 3 N–H and O–H groups in total. The maximum absolute atomic E-state index is 13.6.